The maximum atomic E-state index is 8.69. The van der Waals surface area contributed by atoms with Crippen LogP contribution in [0, 0.1) is 0 Å². The van der Waals surface area contributed by atoms with Crippen molar-refractivity contribution in [2.24, 2.45) is 0 Å². The Morgan fingerprint density at radius 1 is 0.750 bits per heavy atom. The van der Waals surface area contributed by atoms with Crippen molar-refractivity contribution in [3.8, 4) is 0 Å². The molecule has 0 heterocycles. The molecule has 0 aliphatic carbocycles. The van der Waals surface area contributed by atoms with Crippen molar-refractivity contribution in [1.82, 2.24) is 0 Å². The minimum atomic E-state index is -1.52. The van der Waals surface area contributed by atoms with Crippen LogP contribution in [0.5, 0.6) is 0 Å². The number of hydrogen-bond donors (Lipinski definition) is 1. The van der Waals surface area contributed by atoms with Crippen LogP contribution in [0.3, 0.4) is 0 Å². The van der Waals surface area contributed by atoms with Gasteiger partial charge in [-0.2, -0.15) is 0 Å². The second-order valence-electron chi connectivity index (χ2n) is 7.51. The fourth-order valence-electron chi connectivity index (χ4n) is 2.00. The zero-order valence-electron chi connectivity index (χ0n) is 14.6. The largest absolute Gasteiger partial charge is 0.417 e. The summed E-state index contributed by atoms with van der Waals surface area (Å²) < 4.78 is 6.18. The third-order valence-electron chi connectivity index (χ3n) is 4.57. The van der Waals surface area contributed by atoms with E-state index in [0.29, 0.717) is 11.6 Å². The molecule has 0 bridgehead atoms. The summed E-state index contributed by atoms with van der Waals surface area (Å²) in [6, 6.07) is 0. The van der Waals surface area contributed by atoms with Gasteiger partial charge in [-0.05, 0) is 31.0 Å². The normalized spacial score (nSPS) is 12.9. The highest BCUT2D eigenvalue weighted by Crippen LogP contribution is 2.36. The van der Waals surface area contributed by atoms with Gasteiger partial charge in [0.05, 0.1) is 0 Å². The molecule has 0 aromatic rings. The van der Waals surface area contributed by atoms with E-state index in [4.69, 9.17) is 9.53 Å². The molecule has 0 aliphatic rings. The van der Waals surface area contributed by atoms with Gasteiger partial charge >= 0.3 is 0 Å². The zero-order chi connectivity index (χ0) is 15.5. The standard InChI is InChI=1S/C17H38O2Si/c1-17(2,3)20(4,5)19-16-14-12-10-8-6-7-9-11-13-15-18/h18H,6-16H2,1-5H3. The molecule has 0 saturated heterocycles. The molecule has 0 saturated carbocycles. The van der Waals surface area contributed by atoms with E-state index in [2.05, 4.69) is 33.9 Å². The van der Waals surface area contributed by atoms with Crippen LogP contribution < -0.4 is 0 Å². The molecule has 0 rings (SSSR count). The van der Waals surface area contributed by atoms with Crippen LogP contribution in [0.2, 0.25) is 18.1 Å². The van der Waals surface area contributed by atoms with Gasteiger partial charge in [0.2, 0.25) is 0 Å². The van der Waals surface area contributed by atoms with Gasteiger partial charge in [-0.25, -0.2) is 0 Å². The third-order valence-corrected chi connectivity index (χ3v) is 9.11. The Balaban J connectivity index is 3.33. The van der Waals surface area contributed by atoms with Gasteiger partial charge in [-0.15, -0.1) is 0 Å². The second kappa shape index (κ2) is 10.8. The van der Waals surface area contributed by atoms with Crippen LogP contribution >= 0.6 is 0 Å². The highest BCUT2D eigenvalue weighted by molar-refractivity contribution is 6.74. The lowest BCUT2D eigenvalue weighted by Gasteiger charge is -2.36. The molecule has 0 radical (unpaired) electrons. The van der Waals surface area contributed by atoms with Gasteiger partial charge in [0.1, 0.15) is 0 Å². The van der Waals surface area contributed by atoms with Crippen LogP contribution in [-0.2, 0) is 4.43 Å². The van der Waals surface area contributed by atoms with Gasteiger partial charge < -0.3 is 9.53 Å². The maximum Gasteiger partial charge on any atom is 0.191 e. The molecule has 20 heavy (non-hydrogen) atoms. The average Bonchev–Trinajstić information content (AvgIpc) is 2.34. The predicted molar refractivity (Wildman–Crippen MR) is 91.8 cm³/mol. The molecule has 0 fully saturated rings. The Kier molecular flexibility index (Phi) is 10.9. The van der Waals surface area contributed by atoms with E-state index in [9.17, 15) is 0 Å². The topological polar surface area (TPSA) is 29.5 Å². The minimum absolute atomic E-state index is 0.335. The van der Waals surface area contributed by atoms with E-state index < -0.39 is 8.32 Å². The summed E-state index contributed by atoms with van der Waals surface area (Å²) in [6.07, 6.45) is 11.4. The predicted octanol–water partition coefficient (Wildman–Crippen LogP) is 5.51. The molecule has 0 unspecified atom stereocenters. The van der Waals surface area contributed by atoms with Crippen LogP contribution in [-0.4, -0.2) is 26.6 Å². The number of rotatable bonds is 12. The Labute approximate surface area is 128 Å². The fourth-order valence-corrected chi connectivity index (χ4v) is 3.08. The number of hydrogen-bond acceptors (Lipinski definition) is 2. The Morgan fingerprint density at radius 3 is 1.55 bits per heavy atom. The molecule has 0 aromatic heterocycles. The van der Waals surface area contributed by atoms with Crippen LogP contribution in [0.25, 0.3) is 0 Å². The van der Waals surface area contributed by atoms with E-state index in [1.807, 2.05) is 0 Å². The highest BCUT2D eigenvalue weighted by atomic mass is 28.4. The molecular formula is C17H38O2Si. The molecule has 3 heteroatoms. The zero-order valence-corrected chi connectivity index (χ0v) is 15.6. The summed E-state index contributed by atoms with van der Waals surface area (Å²) in [5.74, 6) is 0. The quantitative estimate of drug-likeness (QED) is 0.380. The van der Waals surface area contributed by atoms with E-state index in [1.165, 1.54) is 51.4 Å². The van der Waals surface area contributed by atoms with Crippen LogP contribution in [0.4, 0.5) is 0 Å². The average molecular weight is 303 g/mol. The van der Waals surface area contributed by atoms with Crippen molar-refractivity contribution in [3.05, 3.63) is 0 Å². The van der Waals surface area contributed by atoms with E-state index in [0.717, 1.165) is 13.0 Å². The van der Waals surface area contributed by atoms with E-state index >= 15 is 0 Å². The van der Waals surface area contributed by atoms with Crippen molar-refractivity contribution in [1.29, 1.82) is 0 Å². The number of unbranched alkanes of at least 4 members (excludes halogenated alkanes) is 8. The van der Waals surface area contributed by atoms with Gasteiger partial charge in [-0.1, -0.05) is 65.7 Å². The Morgan fingerprint density at radius 2 is 1.15 bits per heavy atom. The summed E-state index contributed by atoms with van der Waals surface area (Å²) in [5.41, 5.74) is 0. The van der Waals surface area contributed by atoms with Gasteiger partial charge in [0.25, 0.3) is 0 Å². The second-order valence-corrected chi connectivity index (χ2v) is 12.3. The minimum Gasteiger partial charge on any atom is -0.417 e. The molecule has 122 valence electrons. The van der Waals surface area contributed by atoms with Crippen molar-refractivity contribution in [2.75, 3.05) is 13.2 Å². The lowest BCUT2D eigenvalue weighted by molar-refractivity contribution is 0.277. The van der Waals surface area contributed by atoms with Gasteiger partial charge in [0, 0.05) is 13.2 Å². The third kappa shape index (κ3) is 9.95. The molecule has 0 spiro atoms. The number of aliphatic hydroxyl groups excluding tert-OH is 1. The first-order valence-corrected chi connectivity index (χ1v) is 11.5. The van der Waals surface area contributed by atoms with Gasteiger partial charge in [0.15, 0.2) is 8.32 Å². The van der Waals surface area contributed by atoms with E-state index in [-0.39, 0.29) is 0 Å². The van der Waals surface area contributed by atoms with Gasteiger partial charge in [-0.3, -0.25) is 0 Å². The van der Waals surface area contributed by atoms with Crippen molar-refractivity contribution in [2.45, 2.75) is 96.7 Å². The van der Waals surface area contributed by atoms with Crippen molar-refractivity contribution >= 4 is 8.32 Å². The van der Waals surface area contributed by atoms with E-state index in [1.54, 1.807) is 0 Å². The smallest absolute Gasteiger partial charge is 0.191 e. The van der Waals surface area contributed by atoms with Crippen molar-refractivity contribution < 1.29 is 9.53 Å². The number of aliphatic hydroxyl groups is 1. The lowest BCUT2D eigenvalue weighted by Crippen LogP contribution is -2.40. The first-order valence-electron chi connectivity index (χ1n) is 8.56. The lowest BCUT2D eigenvalue weighted by atomic mass is 10.1. The highest BCUT2D eigenvalue weighted by Gasteiger charge is 2.36. The first-order chi connectivity index (χ1) is 9.31. The summed E-state index contributed by atoms with van der Waals surface area (Å²) in [7, 11) is -1.52. The van der Waals surface area contributed by atoms with Crippen molar-refractivity contribution in [3.63, 3.8) is 0 Å². The van der Waals surface area contributed by atoms with Crippen LogP contribution in [0.1, 0.15) is 78.6 Å². The molecule has 2 nitrogen and oxygen atoms in total. The Hall–Kier alpha value is 0.137. The molecule has 1 N–H and O–H groups in total. The molecule has 0 aliphatic heterocycles. The fraction of sp³-hybridized carbons (Fsp3) is 1.00. The molecule has 0 atom stereocenters. The SMILES string of the molecule is CC(C)(C)[Si](C)(C)OCCCCCCCCCCCO. The van der Waals surface area contributed by atoms with Crippen LogP contribution in [0.15, 0.2) is 0 Å². The monoisotopic (exact) mass is 302 g/mol. The molecular weight excluding hydrogens is 264 g/mol. The first kappa shape index (κ1) is 20.1. The Bertz CT molecular complexity index is 222. The molecule has 0 amide bonds. The summed E-state index contributed by atoms with van der Waals surface area (Å²) in [6.45, 7) is 12.9. The molecule has 0 aromatic carbocycles. The summed E-state index contributed by atoms with van der Waals surface area (Å²) in [5, 5.41) is 9.02. The summed E-state index contributed by atoms with van der Waals surface area (Å²) >= 11 is 0. The maximum absolute atomic E-state index is 8.69. The summed E-state index contributed by atoms with van der Waals surface area (Å²) in [4.78, 5) is 0.